The summed E-state index contributed by atoms with van der Waals surface area (Å²) in [6.45, 7) is 0. The molecule has 2 N–H and O–H groups in total. The fourth-order valence-corrected chi connectivity index (χ4v) is 2.82. The Hall–Kier alpha value is -1.27. The van der Waals surface area contributed by atoms with E-state index in [1.54, 1.807) is 11.7 Å². The Labute approximate surface area is 103 Å². The molecule has 2 aromatic rings. The molecule has 2 aromatic heterocycles. The van der Waals surface area contributed by atoms with Gasteiger partial charge in [0.15, 0.2) is 0 Å². The van der Waals surface area contributed by atoms with E-state index in [0.717, 1.165) is 17.7 Å². The predicted molar refractivity (Wildman–Crippen MR) is 64.6 cm³/mol. The van der Waals surface area contributed by atoms with Crippen molar-refractivity contribution in [1.29, 1.82) is 0 Å². The van der Waals surface area contributed by atoms with Gasteiger partial charge in [0, 0.05) is 12.2 Å². The van der Waals surface area contributed by atoms with Gasteiger partial charge in [-0.1, -0.05) is 18.0 Å². The Morgan fingerprint density at radius 1 is 1.35 bits per heavy atom. The van der Waals surface area contributed by atoms with Crippen LogP contribution in [0, 0.1) is 0 Å². The first-order valence-electron chi connectivity index (χ1n) is 5.82. The van der Waals surface area contributed by atoms with Crippen LogP contribution in [0.1, 0.15) is 37.5 Å². The van der Waals surface area contributed by atoms with Crippen molar-refractivity contribution in [2.24, 2.45) is 5.73 Å². The molecule has 0 saturated heterocycles. The van der Waals surface area contributed by atoms with E-state index >= 15 is 0 Å². The van der Waals surface area contributed by atoms with Crippen LogP contribution >= 0.6 is 11.3 Å². The van der Waals surface area contributed by atoms with E-state index in [-0.39, 0.29) is 12.0 Å². The van der Waals surface area contributed by atoms with Crippen molar-refractivity contribution in [1.82, 2.24) is 15.1 Å². The van der Waals surface area contributed by atoms with Crippen molar-refractivity contribution in [2.45, 2.75) is 37.6 Å². The van der Waals surface area contributed by atoms with Crippen LogP contribution in [0.5, 0.6) is 0 Å². The molecule has 1 aliphatic rings. The summed E-state index contributed by atoms with van der Waals surface area (Å²) in [5.74, 6) is 1.53. The molecule has 0 aliphatic heterocycles. The van der Waals surface area contributed by atoms with E-state index in [9.17, 15) is 0 Å². The largest absolute Gasteiger partial charge is 0.339 e. The fourth-order valence-electron chi connectivity index (χ4n) is 2.28. The fraction of sp³-hybridized carbons (Fsp3) is 0.545. The third kappa shape index (κ3) is 2.10. The van der Waals surface area contributed by atoms with Gasteiger partial charge in [0.25, 0.3) is 0 Å². The minimum absolute atomic E-state index is 0.151. The number of hydrogen-bond acceptors (Lipinski definition) is 6. The molecule has 3 rings (SSSR count). The summed E-state index contributed by atoms with van der Waals surface area (Å²) in [7, 11) is 0. The van der Waals surface area contributed by atoms with Gasteiger partial charge in [0.1, 0.15) is 0 Å². The second-order valence-corrected chi connectivity index (χ2v) is 5.26. The second kappa shape index (κ2) is 4.54. The maximum absolute atomic E-state index is 6.10. The SMILES string of the molecule is NC1CCCCC1c1nc(-c2cncs2)no1. The van der Waals surface area contributed by atoms with Crippen LogP contribution in [0.3, 0.4) is 0 Å². The topological polar surface area (TPSA) is 77.8 Å². The van der Waals surface area contributed by atoms with Gasteiger partial charge >= 0.3 is 0 Å². The Balaban J connectivity index is 1.84. The number of nitrogens with zero attached hydrogens (tertiary/aromatic N) is 3. The molecule has 0 amide bonds. The molecule has 90 valence electrons. The monoisotopic (exact) mass is 250 g/mol. The second-order valence-electron chi connectivity index (χ2n) is 4.38. The van der Waals surface area contributed by atoms with Gasteiger partial charge in [0.2, 0.25) is 11.7 Å². The van der Waals surface area contributed by atoms with E-state index in [4.69, 9.17) is 10.3 Å². The van der Waals surface area contributed by atoms with Crippen LogP contribution in [0.15, 0.2) is 16.2 Å². The van der Waals surface area contributed by atoms with E-state index in [2.05, 4.69) is 15.1 Å². The van der Waals surface area contributed by atoms with Crippen LogP contribution in [-0.4, -0.2) is 21.2 Å². The maximum atomic E-state index is 6.10. The highest BCUT2D eigenvalue weighted by molar-refractivity contribution is 7.13. The Morgan fingerprint density at radius 2 is 2.24 bits per heavy atom. The zero-order chi connectivity index (χ0) is 11.7. The van der Waals surface area contributed by atoms with Gasteiger partial charge in [-0.3, -0.25) is 4.98 Å². The molecule has 1 saturated carbocycles. The molecule has 2 unspecified atom stereocenters. The molecule has 0 aromatic carbocycles. The summed E-state index contributed by atoms with van der Waals surface area (Å²) < 4.78 is 5.34. The van der Waals surface area contributed by atoms with Crippen molar-refractivity contribution in [3.05, 3.63) is 17.6 Å². The summed E-state index contributed by atoms with van der Waals surface area (Å²) >= 11 is 1.51. The van der Waals surface area contributed by atoms with Gasteiger partial charge in [-0.25, -0.2) is 0 Å². The third-order valence-electron chi connectivity index (χ3n) is 3.23. The molecular weight excluding hydrogens is 236 g/mol. The van der Waals surface area contributed by atoms with E-state index in [1.165, 1.54) is 24.2 Å². The van der Waals surface area contributed by atoms with Crippen LogP contribution in [0.2, 0.25) is 0 Å². The molecular formula is C11H14N4OS. The first kappa shape index (κ1) is 10.9. The molecule has 1 fully saturated rings. The van der Waals surface area contributed by atoms with Crippen LogP contribution in [-0.2, 0) is 0 Å². The number of aromatic nitrogens is 3. The standard InChI is InChI=1S/C11H14N4OS/c12-8-4-2-1-3-7(8)11-14-10(15-16-11)9-5-13-6-17-9/h5-8H,1-4,12H2. The Bertz CT molecular complexity index is 481. The van der Waals surface area contributed by atoms with Crippen molar-refractivity contribution in [3.63, 3.8) is 0 Å². The summed E-state index contributed by atoms with van der Waals surface area (Å²) in [6.07, 6.45) is 6.23. The number of thiazole rings is 1. The molecule has 0 radical (unpaired) electrons. The molecule has 0 bridgehead atoms. The van der Waals surface area contributed by atoms with E-state index in [1.807, 2.05) is 0 Å². The molecule has 17 heavy (non-hydrogen) atoms. The first-order chi connectivity index (χ1) is 8.34. The van der Waals surface area contributed by atoms with Crippen LogP contribution < -0.4 is 5.73 Å². The normalized spacial score (nSPS) is 25.0. The maximum Gasteiger partial charge on any atom is 0.231 e. The zero-order valence-corrected chi connectivity index (χ0v) is 10.2. The quantitative estimate of drug-likeness (QED) is 0.883. The van der Waals surface area contributed by atoms with Crippen molar-refractivity contribution in [2.75, 3.05) is 0 Å². The average Bonchev–Trinajstić information content (AvgIpc) is 3.00. The van der Waals surface area contributed by atoms with Gasteiger partial charge in [0.05, 0.1) is 16.3 Å². The van der Waals surface area contributed by atoms with Gasteiger partial charge < -0.3 is 10.3 Å². The molecule has 6 heteroatoms. The molecule has 2 atom stereocenters. The first-order valence-corrected chi connectivity index (χ1v) is 6.70. The van der Waals surface area contributed by atoms with Crippen molar-refractivity contribution >= 4 is 11.3 Å². The molecule has 2 heterocycles. The number of rotatable bonds is 2. The summed E-state index contributed by atoms with van der Waals surface area (Å²) in [5, 5.41) is 4.00. The minimum atomic E-state index is 0.151. The molecule has 5 nitrogen and oxygen atoms in total. The third-order valence-corrected chi connectivity index (χ3v) is 4.00. The Morgan fingerprint density at radius 3 is 3.00 bits per heavy atom. The minimum Gasteiger partial charge on any atom is -0.339 e. The van der Waals surface area contributed by atoms with Crippen LogP contribution in [0.25, 0.3) is 10.7 Å². The number of hydrogen-bond donors (Lipinski definition) is 1. The summed E-state index contributed by atoms with van der Waals surface area (Å²) in [4.78, 5) is 9.38. The molecule has 0 spiro atoms. The predicted octanol–water partition coefficient (Wildman–Crippen LogP) is 2.18. The lowest BCUT2D eigenvalue weighted by Crippen LogP contribution is -2.31. The van der Waals surface area contributed by atoms with Gasteiger partial charge in [-0.05, 0) is 12.8 Å². The lowest BCUT2D eigenvalue weighted by atomic mass is 9.85. The van der Waals surface area contributed by atoms with E-state index in [0.29, 0.717) is 11.7 Å². The lowest BCUT2D eigenvalue weighted by molar-refractivity contribution is 0.290. The number of nitrogens with two attached hydrogens (primary N) is 1. The summed E-state index contributed by atoms with van der Waals surface area (Å²) in [5.41, 5.74) is 7.86. The van der Waals surface area contributed by atoms with Gasteiger partial charge in [-0.15, -0.1) is 11.3 Å². The highest BCUT2D eigenvalue weighted by Gasteiger charge is 2.28. The highest BCUT2D eigenvalue weighted by atomic mass is 32.1. The van der Waals surface area contributed by atoms with E-state index < -0.39 is 0 Å². The van der Waals surface area contributed by atoms with Gasteiger partial charge in [-0.2, -0.15) is 4.98 Å². The molecule has 1 aliphatic carbocycles. The van der Waals surface area contributed by atoms with Crippen molar-refractivity contribution < 1.29 is 4.52 Å². The summed E-state index contributed by atoms with van der Waals surface area (Å²) in [6, 6.07) is 0.151. The van der Waals surface area contributed by atoms with Crippen molar-refractivity contribution in [3.8, 4) is 10.7 Å². The smallest absolute Gasteiger partial charge is 0.231 e. The lowest BCUT2D eigenvalue weighted by Gasteiger charge is -2.25. The Kier molecular flexibility index (Phi) is 2.90. The zero-order valence-electron chi connectivity index (χ0n) is 9.37. The van der Waals surface area contributed by atoms with Crippen LogP contribution in [0.4, 0.5) is 0 Å². The highest BCUT2D eigenvalue weighted by Crippen LogP contribution is 2.32. The average molecular weight is 250 g/mol.